The van der Waals surface area contributed by atoms with Gasteiger partial charge in [-0.25, -0.2) is 0 Å². The van der Waals surface area contributed by atoms with Crippen LogP contribution in [0.5, 0.6) is 0 Å². The minimum atomic E-state index is -0.978. The van der Waals surface area contributed by atoms with E-state index in [1.807, 2.05) is 23.1 Å². The van der Waals surface area contributed by atoms with E-state index in [1.165, 1.54) is 0 Å². The minimum absolute atomic E-state index is 0.206. The first-order valence-electron chi connectivity index (χ1n) is 6.60. The standard InChI is InChI=1S/C14H17N3O3/c18-10-14(19)3-6-17(9-14)8-12-7-13(16-20-12)11-1-4-15-5-2-11/h1-2,4-5,7,18-19H,3,6,8-10H2/t14-/m0/s1. The first-order chi connectivity index (χ1) is 9.68. The smallest absolute Gasteiger partial charge is 0.151 e. The number of hydrogen-bond acceptors (Lipinski definition) is 6. The summed E-state index contributed by atoms with van der Waals surface area (Å²) in [6.45, 7) is 1.57. The number of aliphatic hydroxyl groups excluding tert-OH is 1. The van der Waals surface area contributed by atoms with Crippen molar-refractivity contribution in [1.82, 2.24) is 15.0 Å². The molecule has 2 aromatic rings. The quantitative estimate of drug-likeness (QED) is 0.853. The molecule has 1 atom stereocenters. The molecule has 0 radical (unpaired) electrons. The van der Waals surface area contributed by atoms with E-state index in [2.05, 4.69) is 10.1 Å². The molecule has 6 nitrogen and oxygen atoms in total. The number of β-amino-alcohol motifs (C(OH)–C–C–N with tert-alkyl or cyclic N) is 1. The Bertz CT molecular complexity index is 572. The minimum Gasteiger partial charge on any atom is -0.393 e. The Balaban J connectivity index is 1.67. The zero-order chi connectivity index (χ0) is 14.0. The average Bonchev–Trinajstić information content (AvgIpc) is 3.08. The lowest BCUT2D eigenvalue weighted by Gasteiger charge is -2.19. The van der Waals surface area contributed by atoms with Crippen LogP contribution in [-0.2, 0) is 6.54 Å². The van der Waals surface area contributed by atoms with Crippen LogP contribution in [-0.4, -0.2) is 50.6 Å². The second-order valence-corrected chi connectivity index (χ2v) is 5.26. The molecular weight excluding hydrogens is 258 g/mol. The summed E-state index contributed by atoms with van der Waals surface area (Å²) in [5.41, 5.74) is 0.760. The topological polar surface area (TPSA) is 82.6 Å². The van der Waals surface area contributed by atoms with Crippen LogP contribution in [0.1, 0.15) is 12.2 Å². The molecule has 0 aromatic carbocycles. The molecule has 0 amide bonds. The van der Waals surface area contributed by atoms with Gasteiger partial charge in [-0.05, 0) is 18.6 Å². The second kappa shape index (κ2) is 5.32. The lowest BCUT2D eigenvalue weighted by molar-refractivity contribution is -0.00627. The number of hydrogen-bond donors (Lipinski definition) is 2. The predicted molar refractivity (Wildman–Crippen MR) is 71.7 cm³/mol. The van der Waals surface area contributed by atoms with E-state index in [4.69, 9.17) is 9.63 Å². The van der Waals surface area contributed by atoms with Crippen LogP contribution in [0.3, 0.4) is 0 Å². The van der Waals surface area contributed by atoms with E-state index in [0.717, 1.165) is 23.6 Å². The molecule has 2 N–H and O–H groups in total. The van der Waals surface area contributed by atoms with Crippen LogP contribution in [0.2, 0.25) is 0 Å². The maximum Gasteiger partial charge on any atom is 0.151 e. The third-order valence-electron chi connectivity index (χ3n) is 3.62. The molecule has 2 aromatic heterocycles. The molecule has 1 aliphatic rings. The average molecular weight is 275 g/mol. The van der Waals surface area contributed by atoms with Crippen LogP contribution >= 0.6 is 0 Å². The number of rotatable bonds is 4. The highest BCUT2D eigenvalue weighted by Crippen LogP contribution is 2.24. The summed E-state index contributed by atoms with van der Waals surface area (Å²) >= 11 is 0. The Morgan fingerprint density at radius 2 is 2.15 bits per heavy atom. The molecule has 0 saturated carbocycles. The van der Waals surface area contributed by atoms with E-state index in [0.29, 0.717) is 19.5 Å². The van der Waals surface area contributed by atoms with Gasteiger partial charge in [-0.2, -0.15) is 0 Å². The number of aromatic nitrogens is 2. The lowest BCUT2D eigenvalue weighted by atomic mass is 10.1. The molecule has 0 aliphatic carbocycles. The molecule has 20 heavy (non-hydrogen) atoms. The van der Waals surface area contributed by atoms with Crippen LogP contribution in [0.15, 0.2) is 35.1 Å². The Morgan fingerprint density at radius 1 is 1.35 bits per heavy atom. The number of aliphatic hydroxyl groups is 2. The highest BCUT2D eigenvalue weighted by atomic mass is 16.5. The van der Waals surface area contributed by atoms with Crippen molar-refractivity contribution in [3.63, 3.8) is 0 Å². The first kappa shape index (κ1) is 13.2. The van der Waals surface area contributed by atoms with Gasteiger partial charge in [0.15, 0.2) is 5.76 Å². The van der Waals surface area contributed by atoms with Gasteiger partial charge < -0.3 is 14.7 Å². The second-order valence-electron chi connectivity index (χ2n) is 5.26. The maximum atomic E-state index is 9.99. The highest BCUT2D eigenvalue weighted by Gasteiger charge is 2.35. The summed E-state index contributed by atoms with van der Waals surface area (Å²) in [4.78, 5) is 6.02. The van der Waals surface area contributed by atoms with E-state index in [-0.39, 0.29) is 6.61 Å². The van der Waals surface area contributed by atoms with Crippen molar-refractivity contribution in [1.29, 1.82) is 0 Å². The van der Waals surface area contributed by atoms with Crippen molar-refractivity contribution >= 4 is 0 Å². The van der Waals surface area contributed by atoms with Gasteiger partial charge in [0.05, 0.1) is 13.2 Å². The zero-order valence-corrected chi connectivity index (χ0v) is 11.1. The molecule has 0 bridgehead atoms. The molecule has 0 unspecified atom stereocenters. The fraction of sp³-hybridized carbons (Fsp3) is 0.429. The molecule has 106 valence electrons. The zero-order valence-electron chi connectivity index (χ0n) is 11.1. The van der Waals surface area contributed by atoms with Gasteiger partial charge >= 0.3 is 0 Å². The van der Waals surface area contributed by atoms with Gasteiger partial charge in [0.2, 0.25) is 0 Å². The van der Waals surface area contributed by atoms with Crippen molar-refractivity contribution < 1.29 is 14.7 Å². The monoisotopic (exact) mass is 275 g/mol. The number of likely N-dealkylation sites (tertiary alicyclic amines) is 1. The molecule has 1 fully saturated rings. The molecule has 1 aliphatic heterocycles. The van der Waals surface area contributed by atoms with Crippen molar-refractivity contribution in [2.24, 2.45) is 0 Å². The van der Waals surface area contributed by atoms with Gasteiger partial charge in [0.25, 0.3) is 0 Å². The first-order valence-corrected chi connectivity index (χ1v) is 6.60. The van der Waals surface area contributed by atoms with Gasteiger partial charge in [-0.1, -0.05) is 5.16 Å². The fourth-order valence-corrected chi connectivity index (χ4v) is 2.47. The Hall–Kier alpha value is -1.76. The van der Waals surface area contributed by atoms with Crippen molar-refractivity contribution in [2.45, 2.75) is 18.6 Å². The van der Waals surface area contributed by atoms with Crippen molar-refractivity contribution in [3.05, 3.63) is 36.4 Å². The Labute approximate surface area is 116 Å². The van der Waals surface area contributed by atoms with E-state index >= 15 is 0 Å². The van der Waals surface area contributed by atoms with Gasteiger partial charge in [-0.3, -0.25) is 9.88 Å². The van der Waals surface area contributed by atoms with Crippen molar-refractivity contribution in [3.8, 4) is 11.3 Å². The normalized spacial score (nSPS) is 23.3. The maximum absolute atomic E-state index is 9.99. The van der Waals surface area contributed by atoms with E-state index in [9.17, 15) is 5.11 Å². The summed E-state index contributed by atoms with van der Waals surface area (Å²) in [7, 11) is 0. The predicted octanol–water partition coefficient (Wildman–Crippen LogP) is 0.666. The molecule has 0 spiro atoms. The summed E-state index contributed by atoms with van der Waals surface area (Å²) in [6, 6.07) is 5.65. The molecule has 3 rings (SSSR count). The van der Waals surface area contributed by atoms with Crippen LogP contribution in [0.4, 0.5) is 0 Å². The summed E-state index contributed by atoms with van der Waals surface area (Å²) in [5, 5.41) is 23.2. The van der Waals surface area contributed by atoms with Gasteiger partial charge in [0, 0.05) is 37.1 Å². The van der Waals surface area contributed by atoms with E-state index in [1.54, 1.807) is 12.4 Å². The summed E-state index contributed by atoms with van der Waals surface area (Å²) in [6.07, 6.45) is 4.01. The van der Waals surface area contributed by atoms with Gasteiger partial charge in [-0.15, -0.1) is 0 Å². The summed E-state index contributed by atoms with van der Waals surface area (Å²) in [5.74, 6) is 0.749. The Morgan fingerprint density at radius 3 is 2.85 bits per heavy atom. The van der Waals surface area contributed by atoms with Gasteiger partial charge in [0.1, 0.15) is 11.3 Å². The fourth-order valence-electron chi connectivity index (χ4n) is 2.47. The third kappa shape index (κ3) is 2.72. The number of pyridine rings is 1. The van der Waals surface area contributed by atoms with Crippen LogP contribution in [0.25, 0.3) is 11.3 Å². The lowest BCUT2D eigenvalue weighted by Crippen LogP contribution is -2.36. The molecular formula is C14H17N3O3. The molecule has 1 saturated heterocycles. The van der Waals surface area contributed by atoms with E-state index < -0.39 is 5.60 Å². The van der Waals surface area contributed by atoms with Crippen LogP contribution < -0.4 is 0 Å². The van der Waals surface area contributed by atoms with Crippen LogP contribution in [0, 0.1) is 0 Å². The number of nitrogens with zero attached hydrogens (tertiary/aromatic N) is 3. The largest absolute Gasteiger partial charge is 0.393 e. The molecule has 6 heteroatoms. The Kier molecular flexibility index (Phi) is 3.52. The van der Waals surface area contributed by atoms with Crippen molar-refractivity contribution in [2.75, 3.05) is 19.7 Å². The molecule has 3 heterocycles. The summed E-state index contributed by atoms with van der Waals surface area (Å²) < 4.78 is 5.33. The SMILES string of the molecule is OC[C@]1(O)CCN(Cc2cc(-c3ccncc3)no2)C1. The highest BCUT2D eigenvalue weighted by molar-refractivity contribution is 5.57. The third-order valence-corrected chi connectivity index (χ3v) is 3.62.